The summed E-state index contributed by atoms with van der Waals surface area (Å²) in [5, 5.41) is 15.8. The molecule has 0 atom stereocenters. The number of thioether (sulfide) groups is 1. The molecule has 0 saturated carbocycles. The average molecular weight is 414 g/mol. The molecule has 1 saturated heterocycles. The predicted octanol–water partition coefficient (Wildman–Crippen LogP) is 2.99. The van der Waals surface area contributed by atoms with E-state index < -0.39 is 0 Å². The van der Waals surface area contributed by atoms with Crippen molar-refractivity contribution < 1.29 is 9.32 Å². The van der Waals surface area contributed by atoms with E-state index in [-0.39, 0.29) is 17.7 Å². The third-order valence-electron chi connectivity index (χ3n) is 4.65. The summed E-state index contributed by atoms with van der Waals surface area (Å²) in [6.45, 7) is 5.68. The molecule has 0 aliphatic carbocycles. The first-order valence-electron chi connectivity index (χ1n) is 9.60. The minimum atomic E-state index is -0.239. The van der Waals surface area contributed by atoms with Crippen LogP contribution in [-0.2, 0) is 4.79 Å². The molecular formula is C19H23N7O2S. The van der Waals surface area contributed by atoms with Crippen LogP contribution in [0.3, 0.4) is 0 Å². The number of benzene rings is 1. The summed E-state index contributed by atoms with van der Waals surface area (Å²) in [6, 6.07) is 8.33. The molecule has 152 valence electrons. The van der Waals surface area contributed by atoms with E-state index in [2.05, 4.69) is 61.7 Å². The molecule has 29 heavy (non-hydrogen) atoms. The number of aryl methyl sites for hydroxylation is 2. The molecule has 1 aliphatic rings. The van der Waals surface area contributed by atoms with E-state index in [1.807, 2.05) is 4.57 Å². The molecule has 10 heteroatoms. The molecule has 4 rings (SSSR count). The fraction of sp³-hybridized carbons (Fsp3) is 0.421. The van der Waals surface area contributed by atoms with Gasteiger partial charge in [0.15, 0.2) is 11.0 Å². The zero-order valence-electron chi connectivity index (χ0n) is 16.5. The fourth-order valence-corrected chi connectivity index (χ4v) is 3.95. The van der Waals surface area contributed by atoms with Crippen LogP contribution in [0.1, 0.15) is 30.7 Å². The van der Waals surface area contributed by atoms with Gasteiger partial charge >= 0.3 is 6.01 Å². The van der Waals surface area contributed by atoms with E-state index in [1.165, 1.54) is 23.7 Å². The maximum atomic E-state index is 12.3. The van der Waals surface area contributed by atoms with Gasteiger partial charge in [-0.15, -0.1) is 10.2 Å². The van der Waals surface area contributed by atoms with E-state index in [1.54, 1.807) is 6.92 Å². The highest BCUT2D eigenvalue weighted by atomic mass is 32.2. The first-order valence-corrected chi connectivity index (χ1v) is 10.6. The van der Waals surface area contributed by atoms with E-state index in [9.17, 15) is 4.79 Å². The number of nitrogens with one attached hydrogen (secondary N) is 1. The van der Waals surface area contributed by atoms with Crippen LogP contribution in [0.5, 0.6) is 0 Å². The Morgan fingerprint density at radius 1 is 1.14 bits per heavy atom. The molecule has 2 aromatic heterocycles. The Balaban J connectivity index is 1.54. The zero-order valence-corrected chi connectivity index (χ0v) is 17.3. The standard InChI is InChI=1S/C19H23N7O2S/c1-13-6-8-15(9-7-13)26-18(25-10-4-3-5-11-25)22-23-19(26)29-12-16(27)21-17-20-14(2)24-28-17/h6-9H,3-5,10-12H2,1-2H3,(H,20,21,24,27). The first-order chi connectivity index (χ1) is 14.1. The van der Waals surface area contributed by atoms with Gasteiger partial charge in [-0.25, -0.2) is 0 Å². The Bertz CT molecular complexity index is 977. The fourth-order valence-electron chi connectivity index (χ4n) is 3.21. The Morgan fingerprint density at radius 3 is 2.59 bits per heavy atom. The van der Waals surface area contributed by atoms with Crippen LogP contribution in [0.4, 0.5) is 12.0 Å². The van der Waals surface area contributed by atoms with Crippen molar-refractivity contribution in [3.05, 3.63) is 35.7 Å². The molecule has 3 heterocycles. The maximum Gasteiger partial charge on any atom is 0.328 e. The molecular weight excluding hydrogens is 390 g/mol. The molecule has 0 radical (unpaired) electrons. The lowest BCUT2D eigenvalue weighted by Gasteiger charge is -2.27. The van der Waals surface area contributed by atoms with Crippen molar-refractivity contribution in [1.29, 1.82) is 0 Å². The van der Waals surface area contributed by atoms with Crippen molar-refractivity contribution in [2.75, 3.05) is 29.1 Å². The smallest absolute Gasteiger partial charge is 0.328 e. The second-order valence-electron chi connectivity index (χ2n) is 6.98. The van der Waals surface area contributed by atoms with Gasteiger partial charge in [0, 0.05) is 13.1 Å². The summed E-state index contributed by atoms with van der Waals surface area (Å²) < 4.78 is 6.96. The minimum absolute atomic E-state index is 0.0992. The summed E-state index contributed by atoms with van der Waals surface area (Å²) in [7, 11) is 0. The molecule has 0 spiro atoms. The van der Waals surface area contributed by atoms with Gasteiger partial charge in [-0.3, -0.25) is 14.7 Å². The highest BCUT2D eigenvalue weighted by molar-refractivity contribution is 7.99. The van der Waals surface area contributed by atoms with Crippen LogP contribution in [0.25, 0.3) is 5.69 Å². The lowest BCUT2D eigenvalue weighted by atomic mass is 10.1. The minimum Gasteiger partial charge on any atom is -0.341 e. The van der Waals surface area contributed by atoms with Crippen molar-refractivity contribution in [3.63, 3.8) is 0 Å². The Morgan fingerprint density at radius 2 is 1.90 bits per heavy atom. The maximum absolute atomic E-state index is 12.3. The highest BCUT2D eigenvalue weighted by Gasteiger charge is 2.22. The number of rotatable bonds is 6. The second kappa shape index (κ2) is 8.64. The number of piperidine rings is 1. The molecule has 0 bridgehead atoms. The molecule has 3 aromatic rings. The Labute approximate surface area is 172 Å². The summed E-state index contributed by atoms with van der Waals surface area (Å²) >= 11 is 1.33. The van der Waals surface area contributed by atoms with Crippen LogP contribution in [-0.4, -0.2) is 49.7 Å². The topological polar surface area (TPSA) is 102 Å². The quantitative estimate of drug-likeness (QED) is 0.616. The second-order valence-corrected chi connectivity index (χ2v) is 7.93. The number of aromatic nitrogens is 5. The average Bonchev–Trinajstić information content (AvgIpc) is 3.34. The van der Waals surface area contributed by atoms with E-state index in [4.69, 9.17) is 4.52 Å². The Kier molecular flexibility index (Phi) is 5.79. The SMILES string of the molecule is Cc1ccc(-n2c(SCC(=O)Nc3nc(C)no3)nnc2N2CCCCC2)cc1. The van der Waals surface area contributed by atoms with E-state index in [0.717, 1.165) is 37.6 Å². The lowest BCUT2D eigenvalue weighted by molar-refractivity contribution is -0.114. The Hall–Kier alpha value is -2.88. The summed E-state index contributed by atoms with van der Waals surface area (Å²) in [5.41, 5.74) is 2.17. The normalized spacial score (nSPS) is 14.2. The molecule has 1 N–H and O–H groups in total. The molecule has 0 unspecified atom stereocenters. The van der Waals surface area contributed by atoms with Crippen LogP contribution in [0.15, 0.2) is 33.9 Å². The summed E-state index contributed by atoms with van der Waals surface area (Å²) in [6.07, 6.45) is 3.54. The van der Waals surface area contributed by atoms with Gasteiger partial charge < -0.3 is 9.42 Å². The van der Waals surface area contributed by atoms with Crippen molar-refractivity contribution in [3.8, 4) is 5.69 Å². The first kappa shape index (κ1) is 19.4. The summed E-state index contributed by atoms with van der Waals surface area (Å²) in [4.78, 5) is 18.5. The van der Waals surface area contributed by atoms with E-state index >= 15 is 0 Å². The van der Waals surface area contributed by atoms with Crippen LogP contribution in [0.2, 0.25) is 0 Å². The van der Waals surface area contributed by atoms with Crippen LogP contribution < -0.4 is 10.2 Å². The number of hydrogen-bond acceptors (Lipinski definition) is 8. The van der Waals surface area contributed by atoms with Gasteiger partial charge in [0.2, 0.25) is 11.9 Å². The number of carbonyl (C=O) groups is 1. The van der Waals surface area contributed by atoms with Gasteiger partial charge in [0.25, 0.3) is 0 Å². The van der Waals surface area contributed by atoms with Gasteiger partial charge in [-0.2, -0.15) is 4.98 Å². The molecule has 1 aromatic carbocycles. The van der Waals surface area contributed by atoms with Gasteiger partial charge in [0.05, 0.1) is 11.4 Å². The van der Waals surface area contributed by atoms with Gasteiger partial charge in [0.1, 0.15) is 0 Å². The number of amides is 1. The monoisotopic (exact) mass is 413 g/mol. The van der Waals surface area contributed by atoms with Gasteiger partial charge in [-0.05, 0) is 45.2 Å². The van der Waals surface area contributed by atoms with Crippen molar-refractivity contribution in [2.45, 2.75) is 38.3 Å². The van der Waals surface area contributed by atoms with Crippen molar-refractivity contribution in [2.24, 2.45) is 0 Å². The predicted molar refractivity (Wildman–Crippen MR) is 111 cm³/mol. The molecule has 1 fully saturated rings. The summed E-state index contributed by atoms with van der Waals surface area (Å²) in [5.74, 6) is 1.21. The largest absolute Gasteiger partial charge is 0.341 e. The molecule has 1 aliphatic heterocycles. The van der Waals surface area contributed by atoms with Crippen molar-refractivity contribution >= 4 is 29.6 Å². The number of carbonyl (C=O) groups excluding carboxylic acids is 1. The zero-order chi connectivity index (χ0) is 20.2. The lowest BCUT2D eigenvalue weighted by Crippen LogP contribution is -2.31. The third kappa shape index (κ3) is 4.58. The number of anilines is 2. The number of hydrogen-bond donors (Lipinski definition) is 1. The van der Waals surface area contributed by atoms with Crippen LogP contribution in [0, 0.1) is 13.8 Å². The highest BCUT2D eigenvalue weighted by Crippen LogP contribution is 2.28. The molecule has 9 nitrogen and oxygen atoms in total. The molecule has 1 amide bonds. The number of nitrogens with zero attached hydrogens (tertiary/aromatic N) is 6. The third-order valence-corrected chi connectivity index (χ3v) is 5.58. The van der Waals surface area contributed by atoms with E-state index in [0.29, 0.717) is 11.0 Å². The van der Waals surface area contributed by atoms with Gasteiger partial charge in [-0.1, -0.05) is 34.6 Å². The van der Waals surface area contributed by atoms with Crippen LogP contribution >= 0.6 is 11.8 Å². The van der Waals surface area contributed by atoms with Crippen molar-refractivity contribution in [1.82, 2.24) is 24.9 Å².